The van der Waals surface area contributed by atoms with Crippen LogP contribution < -0.4 is 10.2 Å². The Morgan fingerprint density at radius 2 is 2.00 bits per heavy atom. The fourth-order valence-electron chi connectivity index (χ4n) is 1.81. The first-order chi connectivity index (χ1) is 7.83. The molecule has 0 atom stereocenters. The average molecular weight is 221 g/mol. The van der Waals surface area contributed by atoms with Gasteiger partial charge in [0.25, 0.3) is 0 Å². The van der Waals surface area contributed by atoms with Crippen LogP contribution in [-0.4, -0.2) is 24.6 Å². The first kappa shape index (κ1) is 13.0. The normalized spacial score (nSPS) is 10.4. The molecule has 0 saturated heterocycles. The first-order valence-electron chi connectivity index (χ1n) is 6.22. The van der Waals surface area contributed by atoms with E-state index in [4.69, 9.17) is 0 Å². The quantitative estimate of drug-likeness (QED) is 0.717. The van der Waals surface area contributed by atoms with E-state index >= 15 is 0 Å². The van der Waals surface area contributed by atoms with Gasteiger partial charge in [-0.2, -0.15) is 0 Å². The van der Waals surface area contributed by atoms with Crippen molar-refractivity contribution in [3.05, 3.63) is 24.0 Å². The van der Waals surface area contributed by atoms with Gasteiger partial charge in [0.15, 0.2) is 0 Å². The minimum absolute atomic E-state index is 0.933. The van der Waals surface area contributed by atoms with Gasteiger partial charge in [-0.25, -0.2) is 0 Å². The number of rotatable bonds is 7. The van der Waals surface area contributed by atoms with Crippen LogP contribution in [0.25, 0.3) is 0 Å². The van der Waals surface area contributed by atoms with Gasteiger partial charge < -0.3 is 10.2 Å². The number of anilines is 1. The second-order valence-electron chi connectivity index (χ2n) is 3.85. The van der Waals surface area contributed by atoms with E-state index < -0.39 is 0 Å². The Morgan fingerprint density at radius 3 is 2.62 bits per heavy atom. The van der Waals surface area contributed by atoms with E-state index in [0.717, 1.165) is 26.2 Å². The fourth-order valence-corrected chi connectivity index (χ4v) is 1.81. The van der Waals surface area contributed by atoms with Crippen molar-refractivity contribution in [3.63, 3.8) is 0 Å². The topological polar surface area (TPSA) is 28.2 Å². The highest BCUT2D eigenvalue weighted by molar-refractivity contribution is 5.51. The van der Waals surface area contributed by atoms with E-state index in [1.807, 2.05) is 12.4 Å². The smallest absolute Gasteiger partial charge is 0.0598 e. The number of pyridine rings is 1. The maximum absolute atomic E-state index is 4.22. The summed E-state index contributed by atoms with van der Waals surface area (Å²) < 4.78 is 0. The molecule has 3 heteroatoms. The molecule has 1 aromatic heterocycles. The van der Waals surface area contributed by atoms with Crippen LogP contribution in [0.3, 0.4) is 0 Å². The molecule has 1 rings (SSSR count). The van der Waals surface area contributed by atoms with E-state index in [0.29, 0.717) is 0 Å². The third kappa shape index (κ3) is 3.49. The van der Waals surface area contributed by atoms with Gasteiger partial charge in [-0.05, 0) is 38.4 Å². The molecule has 0 bridgehead atoms. The van der Waals surface area contributed by atoms with E-state index in [1.54, 1.807) is 0 Å². The number of aromatic nitrogens is 1. The van der Waals surface area contributed by atoms with Gasteiger partial charge in [-0.15, -0.1) is 0 Å². The van der Waals surface area contributed by atoms with Gasteiger partial charge in [0.05, 0.1) is 11.9 Å². The third-order valence-corrected chi connectivity index (χ3v) is 2.73. The minimum atomic E-state index is 0.933. The second kappa shape index (κ2) is 7.23. The molecule has 3 nitrogen and oxygen atoms in total. The van der Waals surface area contributed by atoms with Gasteiger partial charge in [-0.3, -0.25) is 4.98 Å². The summed E-state index contributed by atoms with van der Waals surface area (Å²) in [6.45, 7) is 10.6. The predicted molar refractivity (Wildman–Crippen MR) is 69.8 cm³/mol. The molecule has 0 spiro atoms. The standard InChI is InChI=1S/C13H23N3/c1-4-8-14-10-12-7-9-15-11-13(12)16(5-2)6-3/h7,9,11,14H,4-6,8,10H2,1-3H3. The molecule has 1 heterocycles. The van der Waals surface area contributed by atoms with Crippen molar-refractivity contribution in [1.29, 1.82) is 0 Å². The summed E-state index contributed by atoms with van der Waals surface area (Å²) in [5, 5.41) is 3.44. The highest BCUT2D eigenvalue weighted by Crippen LogP contribution is 2.18. The van der Waals surface area contributed by atoms with Crippen LogP contribution in [0.15, 0.2) is 18.5 Å². The Hall–Kier alpha value is -1.09. The van der Waals surface area contributed by atoms with Crippen LogP contribution in [0.5, 0.6) is 0 Å². The molecule has 0 aliphatic carbocycles. The molecule has 90 valence electrons. The maximum Gasteiger partial charge on any atom is 0.0598 e. The molecular weight excluding hydrogens is 198 g/mol. The van der Waals surface area contributed by atoms with Gasteiger partial charge in [-0.1, -0.05) is 6.92 Å². The molecule has 1 N–H and O–H groups in total. The fraction of sp³-hybridized carbons (Fsp3) is 0.615. The minimum Gasteiger partial charge on any atom is -0.371 e. The van der Waals surface area contributed by atoms with Crippen LogP contribution in [-0.2, 0) is 6.54 Å². The van der Waals surface area contributed by atoms with Crippen molar-refractivity contribution < 1.29 is 0 Å². The van der Waals surface area contributed by atoms with Crippen molar-refractivity contribution in [1.82, 2.24) is 10.3 Å². The summed E-state index contributed by atoms with van der Waals surface area (Å²) in [6.07, 6.45) is 5.01. The summed E-state index contributed by atoms with van der Waals surface area (Å²) in [5.41, 5.74) is 2.60. The Labute approximate surface area is 98.9 Å². The summed E-state index contributed by atoms with van der Waals surface area (Å²) in [6, 6.07) is 2.11. The maximum atomic E-state index is 4.22. The summed E-state index contributed by atoms with van der Waals surface area (Å²) in [7, 11) is 0. The van der Waals surface area contributed by atoms with Crippen molar-refractivity contribution in [2.75, 3.05) is 24.5 Å². The lowest BCUT2D eigenvalue weighted by Crippen LogP contribution is -2.25. The SMILES string of the molecule is CCCNCc1ccncc1N(CC)CC. The molecule has 0 radical (unpaired) electrons. The van der Waals surface area contributed by atoms with Crippen LogP contribution in [0.2, 0.25) is 0 Å². The van der Waals surface area contributed by atoms with Crippen molar-refractivity contribution in [3.8, 4) is 0 Å². The molecule has 16 heavy (non-hydrogen) atoms. The Kier molecular flexibility index (Phi) is 5.86. The zero-order valence-electron chi connectivity index (χ0n) is 10.7. The number of hydrogen-bond acceptors (Lipinski definition) is 3. The number of nitrogens with zero attached hydrogens (tertiary/aromatic N) is 2. The van der Waals surface area contributed by atoms with E-state index in [2.05, 4.69) is 42.0 Å². The third-order valence-electron chi connectivity index (χ3n) is 2.73. The highest BCUT2D eigenvalue weighted by atomic mass is 15.1. The zero-order chi connectivity index (χ0) is 11.8. The number of nitrogens with one attached hydrogen (secondary N) is 1. The van der Waals surface area contributed by atoms with E-state index in [1.165, 1.54) is 17.7 Å². The van der Waals surface area contributed by atoms with Gasteiger partial charge in [0.1, 0.15) is 0 Å². The molecule has 0 amide bonds. The van der Waals surface area contributed by atoms with Crippen molar-refractivity contribution in [2.45, 2.75) is 33.7 Å². The van der Waals surface area contributed by atoms with Crippen molar-refractivity contribution >= 4 is 5.69 Å². The largest absolute Gasteiger partial charge is 0.371 e. The predicted octanol–water partition coefficient (Wildman–Crippen LogP) is 2.43. The molecule has 0 aliphatic rings. The molecule has 0 saturated carbocycles. The zero-order valence-corrected chi connectivity index (χ0v) is 10.7. The lowest BCUT2D eigenvalue weighted by molar-refractivity contribution is 0.672. The Balaban J connectivity index is 2.74. The van der Waals surface area contributed by atoms with E-state index in [-0.39, 0.29) is 0 Å². The molecule has 1 aromatic rings. The molecule has 0 aromatic carbocycles. The lowest BCUT2D eigenvalue weighted by Gasteiger charge is -2.23. The van der Waals surface area contributed by atoms with Crippen LogP contribution >= 0.6 is 0 Å². The molecule has 0 unspecified atom stereocenters. The van der Waals surface area contributed by atoms with Crippen LogP contribution in [0.1, 0.15) is 32.8 Å². The van der Waals surface area contributed by atoms with Crippen LogP contribution in [0.4, 0.5) is 5.69 Å². The highest BCUT2D eigenvalue weighted by Gasteiger charge is 2.07. The second-order valence-corrected chi connectivity index (χ2v) is 3.85. The Bertz CT molecular complexity index is 295. The Morgan fingerprint density at radius 1 is 1.25 bits per heavy atom. The first-order valence-corrected chi connectivity index (χ1v) is 6.22. The summed E-state index contributed by atoms with van der Waals surface area (Å²) in [4.78, 5) is 6.56. The van der Waals surface area contributed by atoms with Gasteiger partial charge in [0.2, 0.25) is 0 Å². The molecular formula is C13H23N3. The van der Waals surface area contributed by atoms with Crippen LogP contribution in [0, 0.1) is 0 Å². The van der Waals surface area contributed by atoms with Crippen molar-refractivity contribution in [2.24, 2.45) is 0 Å². The molecule has 0 aliphatic heterocycles. The lowest BCUT2D eigenvalue weighted by atomic mass is 10.2. The average Bonchev–Trinajstić information content (AvgIpc) is 2.33. The molecule has 0 fully saturated rings. The number of hydrogen-bond donors (Lipinski definition) is 1. The van der Waals surface area contributed by atoms with E-state index in [9.17, 15) is 0 Å². The van der Waals surface area contributed by atoms with Gasteiger partial charge in [0, 0.05) is 25.8 Å². The summed E-state index contributed by atoms with van der Waals surface area (Å²) in [5.74, 6) is 0. The summed E-state index contributed by atoms with van der Waals surface area (Å²) >= 11 is 0. The van der Waals surface area contributed by atoms with Gasteiger partial charge >= 0.3 is 0 Å². The monoisotopic (exact) mass is 221 g/mol.